The monoisotopic (exact) mass is 309 g/mol. The quantitative estimate of drug-likeness (QED) is 0.867. The molecule has 2 N–H and O–H groups in total. The summed E-state index contributed by atoms with van der Waals surface area (Å²) in [5, 5.41) is 2.06. The van der Waals surface area contributed by atoms with Gasteiger partial charge in [-0.3, -0.25) is 9.69 Å². The summed E-state index contributed by atoms with van der Waals surface area (Å²) in [6.07, 6.45) is 5.79. The van der Waals surface area contributed by atoms with Gasteiger partial charge in [0.25, 0.3) is 0 Å². The molecule has 2 aromatic rings. The first-order valence-corrected chi connectivity index (χ1v) is 7.72. The number of nitrogens with zero attached hydrogens (tertiary/aromatic N) is 2. The first-order valence-electron chi connectivity index (χ1n) is 6.84. The molecule has 1 aliphatic heterocycles. The van der Waals surface area contributed by atoms with Crippen LogP contribution in [-0.2, 0) is 4.79 Å². The molecule has 0 saturated heterocycles. The second kappa shape index (κ2) is 5.66. The van der Waals surface area contributed by atoms with Crippen LogP contribution in [0.15, 0.2) is 40.7 Å². The fraction of sp³-hybridized carbons (Fsp3) is 0.176. The van der Waals surface area contributed by atoms with Gasteiger partial charge in [0.15, 0.2) is 5.96 Å². The van der Waals surface area contributed by atoms with Crippen molar-refractivity contribution in [2.24, 2.45) is 10.7 Å². The normalized spacial score (nSPS) is 18.0. The molecule has 4 nitrogen and oxygen atoms in total. The highest BCUT2D eigenvalue weighted by Gasteiger charge is 2.26. The lowest BCUT2D eigenvalue weighted by atomic mass is 10.0. The number of aliphatic imine (C=N–C) groups is 1. The zero-order valence-electron chi connectivity index (χ0n) is 12.1. The van der Waals surface area contributed by atoms with Gasteiger partial charge in [-0.15, -0.1) is 17.8 Å². The summed E-state index contributed by atoms with van der Waals surface area (Å²) in [7, 11) is 1.64. The molecule has 0 radical (unpaired) electrons. The Bertz CT molecular complexity index is 800. The van der Waals surface area contributed by atoms with Gasteiger partial charge >= 0.3 is 0 Å². The number of amides is 1. The van der Waals surface area contributed by atoms with Crippen molar-refractivity contribution < 1.29 is 4.79 Å². The average Bonchev–Trinajstić information content (AvgIpc) is 3.02. The van der Waals surface area contributed by atoms with Gasteiger partial charge in [0.2, 0.25) is 5.91 Å². The summed E-state index contributed by atoms with van der Waals surface area (Å²) < 4.78 is 0. The van der Waals surface area contributed by atoms with E-state index in [-0.39, 0.29) is 17.9 Å². The molecule has 1 aromatic heterocycles. The van der Waals surface area contributed by atoms with Gasteiger partial charge in [-0.05, 0) is 34.7 Å². The van der Waals surface area contributed by atoms with Crippen LogP contribution in [0, 0.1) is 12.3 Å². The van der Waals surface area contributed by atoms with Gasteiger partial charge in [-0.1, -0.05) is 18.1 Å². The fourth-order valence-electron chi connectivity index (χ4n) is 2.35. The number of carbonyl (C=O) groups excluding carboxylic acids is 1. The Morgan fingerprint density at radius 1 is 1.41 bits per heavy atom. The predicted octanol–water partition coefficient (Wildman–Crippen LogP) is 2.61. The third-order valence-corrected chi connectivity index (χ3v) is 4.72. The van der Waals surface area contributed by atoms with Crippen LogP contribution < -0.4 is 5.73 Å². The van der Waals surface area contributed by atoms with Crippen molar-refractivity contribution in [1.29, 1.82) is 0 Å². The average molecular weight is 309 g/mol. The molecule has 1 amide bonds. The van der Waals surface area contributed by atoms with E-state index in [1.807, 2.05) is 24.3 Å². The molecule has 22 heavy (non-hydrogen) atoms. The summed E-state index contributed by atoms with van der Waals surface area (Å²) >= 11 is 1.58. The van der Waals surface area contributed by atoms with E-state index in [0.717, 1.165) is 21.6 Å². The van der Waals surface area contributed by atoms with Crippen LogP contribution in [-0.4, -0.2) is 23.8 Å². The van der Waals surface area contributed by atoms with Crippen LogP contribution in [0.5, 0.6) is 0 Å². The highest BCUT2D eigenvalue weighted by Crippen LogP contribution is 2.34. The summed E-state index contributed by atoms with van der Waals surface area (Å²) in [6, 6.07) is 9.70. The molecule has 2 heterocycles. The third kappa shape index (κ3) is 2.61. The Morgan fingerprint density at radius 3 is 2.95 bits per heavy atom. The molecular weight excluding hydrogens is 294 g/mol. The number of guanidine groups is 1. The molecule has 0 spiro atoms. The Kier molecular flexibility index (Phi) is 3.70. The Labute approximate surface area is 133 Å². The van der Waals surface area contributed by atoms with Crippen molar-refractivity contribution in [2.75, 3.05) is 7.05 Å². The summed E-state index contributed by atoms with van der Waals surface area (Å²) in [5.41, 5.74) is 8.78. The lowest BCUT2D eigenvalue weighted by Crippen LogP contribution is -2.42. The largest absolute Gasteiger partial charge is 0.369 e. The number of benzene rings is 1. The Balaban J connectivity index is 1.91. The predicted molar refractivity (Wildman–Crippen MR) is 89.4 cm³/mol. The highest BCUT2D eigenvalue weighted by molar-refractivity contribution is 7.10. The maximum absolute atomic E-state index is 11.9. The van der Waals surface area contributed by atoms with E-state index >= 15 is 0 Å². The van der Waals surface area contributed by atoms with Crippen LogP contribution in [0.1, 0.15) is 22.9 Å². The smallest absolute Gasteiger partial charge is 0.231 e. The molecule has 0 aliphatic carbocycles. The van der Waals surface area contributed by atoms with Gasteiger partial charge < -0.3 is 5.73 Å². The molecule has 0 fully saturated rings. The number of terminal acetylenes is 1. The van der Waals surface area contributed by atoms with Crippen LogP contribution in [0.2, 0.25) is 0 Å². The van der Waals surface area contributed by atoms with Crippen molar-refractivity contribution in [3.63, 3.8) is 0 Å². The van der Waals surface area contributed by atoms with Crippen LogP contribution in [0.25, 0.3) is 11.1 Å². The number of thiophene rings is 1. The van der Waals surface area contributed by atoms with Crippen molar-refractivity contribution in [3.8, 4) is 23.5 Å². The minimum atomic E-state index is -0.196. The minimum Gasteiger partial charge on any atom is -0.369 e. The summed E-state index contributed by atoms with van der Waals surface area (Å²) in [4.78, 5) is 18.7. The third-order valence-electron chi connectivity index (χ3n) is 3.68. The number of hydrogen-bond donors (Lipinski definition) is 1. The Hall–Kier alpha value is -2.58. The molecule has 3 rings (SSSR count). The van der Waals surface area contributed by atoms with Gasteiger partial charge in [0.1, 0.15) is 0 Å². The minimum absolute atomic E-state index is 0.0122. The molecule has 110 valence electrons. The Morgan fingerprint density at radius 2 is 2.23 bits per heavy atom. The maximum atomic E-state index is 11.9. The molecule has 5 heteroatoms. The van der Waals surface area contributed by atoms with Crippen molar-refractivity contribution in [3.05, 3.63) is 46.2 Å². The summed E-state index contributed by atoms with van der Waals surface area (Å²) in [6.45, 7) is 0. The second-order valence-corrected chi connectivity index (χ2v) is 6.07. The lowest BCUT2D eigenvalue weighted by molar-refractivity contribution is -0.127. The van der Waals surface area contributed by atoms with Gasteiger partial charge in [0.05, 0.1) is 12.5 Å². The van der Waals surface area contributed by atoms with Crippen LogP contribution in [0.4, 0.5) is 0 Å². The van der Waals surface area contributed by atoms with Crippen LogP contribution >= 0.6 is 11.3 Å². The molecule has 0 bridgehead atoms. The molecule has 0 saturated carbocycles. The molecule has 1 aliphatic rings. The molecule has 0 unspecified atom stereocenters. The highest BCUT2D eigenvalue weighted by atomic mass is 32.1. The van der Waals surface area contributed by atoms with E-state index in [2.05, 4.69) is 22.4 Å². The van der Waals surface area contributed by atoms with E-state index in [4.69, 9.17) is 12.2 Å². The number of rotatable bonds is 2. The number of nitrogens with two attached hydrogens (primary N) is 1. The van der Waals surface area contributed by atoms with Gasteiger partial charge in [-0.2, -0.15) is 0 Å². The topological polar surface area (TPSA) is 58.7 Å². The lowest BCUT2D eigenvalue weighted by Gasteiger charge is -2.24. The zero-order valence-corrected chi connectivity index (χ0v) is 12.9. The van der Waals surface area contributed by atoms with E-state index < -0.39 is 0 Å². The first kappa shape index (κ1) is 14.4. The van der Waals surface area contributed by atoms with Crippen LogP contribution in [0.3, 0.4) is 0 Å². The van der Waals surface area contributed by atoms with E-state index in [0.29, 0.717) is 6.42 Å². The van der Waals surface area contributed by atoms with Gasteiger partial charge in [0, 0.05) is 17.5 Å². The fourth-order valence-corrected chi connectivity index (χ4v) is 3.31. The maximum Gasteiger partial charge on any atom is 0.231 e. The number of hydrogen-bond acceptors (Lipinski definition) is 4. The standard InChI is InChI=1S/C17H15N3OS/c1-3-11-5-4-6-12(7-11)13-8-15(22-10-13)14-9-16(21)20(2)17(18)19-14/h1,4-8,10,14H,9H2,2H3,(H2,18,19)/t14-/m0/s1. The van der Waals surface area contributed by atoms with E-state index in [1.165, 1.54) is 4.90 Å². The van der Waals surface area contributed by atoms with Crippen molar-refractivity contribution in [2.45, 2.75) is 12.5 Å². The SMILES string of the molecule is C#Cc1cccc(-c2csc([C@@H]3CC(=O)N(C)C(N)=N3)c2)c1. The first-order chi connectivity index (χ1) is 10.6. The molecule has 1 aromatic carbocycles. The molecule has 1 atom stereocenters. The number of carbonyl (C=O) groups is 1. The van der Waals surface area contributed by atoms with Gasteiger partial charge in [-0.25, -0.2) is 4.99 Å². The van der Waals surface area contributed by atoms with E-state index in [9.17, 15) is 4.79 Å². The van der Waals surface area contributed by atoms with Crippen molar-refractivity contribution >= 4 is 23.2 Å². The second-order valence-electron chi connectivity index (χ2n) is 5.12. The van der Waals surface area contributed by atoms with E-state index in [1.54, 1.807) is 18.4 Å². The van der Waals surface area contributed by atoms with Crippen molar-refractivity contribution in [1.82, 2.24) is 4.90 Å². The summed E-state index contributed by atoms with van der Waals surface area (Å²) in [5.74, 6) is 2.90. The molecular formula is C17H15N3OS. The zero-order chi connectivity index (χ0) is 15.7.